The Hall–Kier alpha value is -1.06. The van der Waals surface area contributed by atoms with Crippen LogP contribution in [0.4, 0.5) is 0 Å². The predicted molar refractivity (Wildman–Crippen MR) is 63.6 cm³/mol. The molecule has 0 atom stereocenters. The SMILES string of the molecule is N#CCCCCCCOCCCCCC#N. The highest BCUT2D eigenvalue weighted by atomic mass is 16.5. The van der Waals surface area contributed by atoms with Crippen molar-refractivity contribution in [1.82, 2.24) is 0 Å². The van der Waals surface area contributed by atoms with Crippen molar-refractivity contribution in [2.45, 2.75) is 57.8 Å². The van der Waals surface area contributed by atoms with Crippen LogP contribution < -0.4 is 0 Å². The maximum atomic E-state index is 8.33. The van der Waals surface area contributed by atoms with E-state index in [1.807, 2.05) is 0 Å². The number of nitriles is 2. The maximum absolute atomic E-state index is 8.33. The summed E-state index contributed by atoms with van der Waals surface area (Å²) in [6.07, 6.45) is 8.92. The van der Waals surface area contributed by atoms with Crippen molar-refractivity contribution >= 4 is 0 Å². The molecule has 0 radical (unpaired) electrons. The lowest BCUT2D eigenvalue weighted by Crippen LogP contribution is -1.97. The van der Waals surface area contributed by atoms with E-state index in [1.165, 1.54) is 0 Å². The highest BCUT2D eigenvalue weighted by Gasteiger charge is 1.92. The van der Waals surface area contributed by atoms with Crippen molar-refractivity contribution in [2.75, 3.05) is 13.2 Å². The molecule has 0 fully saturated rings. The molecule has 0 aromatic heterocycles. The van der Waals surface area contributed by atoms with E-state index in [9.17, 15) is 0 Å². The third-order valence-corrected chi connectivity index (χ3v) is 2.40. The van der Waals surface area contributed by atoms with Gasteiger partial charge in [-0.2, -0.15) is 10.5 Å². The molecule has 0 N–H and O–H groups in total. The Morgan fingerprint density at radius 2 is 1.06 bits per heavy atom. The molecule has 16 heavy (non-hydrogen) atoms. The Morgan fingerprint density at radius 3 is 1.56 bits per heavy atom. The van der Waals surface area contributed by atoms with Crippen LogP contribution in [-0.4, -0.2) is 13.2 Å². The molecule has 0 aliphatic carbocycles. The van der Waals surface area contributed by atoms with Gasteiger partial charge in [0.1, 0.15) is 0 Å². The summed E-state index contributed by atoms with van der Waals surface area (Å²) in [6, 6.07) is 4.29. The first-order valence-electron chi connectivity index (χ1n) is 6.23. The molecule has 90 valence electrons. The van der Waals surface area contributed by atoms with E-state index < -0.39 is 0 Å². The summed E-state index contributed by atoms with van der Waals surface area (Å²) in [6.45, 7) is 1.66. The molecule has 3 heteroatoms. The number of hydrogen-bond acceptors (Lipinski definition) is 3. The third kappa shape index (κ3) is 12.9. The van der Waals surface area contributed by atoms with E-state index in [1.54, 1.807) is 0 Å². The first-order chi connectivity index (χ1) is 7.91. The molecule has 0 aliphatic rings. The van der Waals surface area contributed by atoms with Gasteiger partial charge in [0.25, 0.3) is 0 Å². The van der Waals surface area contributed by atoms with Gasteiger partial charge >= 0.3 is 0 Å². The first-order valence-corrected chi connectivity index (χ1v) is 6.23. The van der Waals surface area contributed by atoms with Crippen LogP contribution in [0.2, 0.25) is 0 Å². The zero-order chi connectivity index (χ0) is 11.9. The fourth-order valence-electron chi connectivity index (χ4n) is 1.45. The molecular formula is C13H22N2O. The van der Waals surface area contributed by atoms with Crippen molar-refractivity contribution < 1.29 is 4.74 Å². The van der Waals surface area contributed by atoms with Crippen LogP contribution in [0.15, 0.2) is 0 Å². The van der Waals surface area contributed by atoms with Gasteiger partial charge < -0.3 is 4.74 Å². The van der Waals surface area contributed by atoms with Gasteiger partial charge in [-0.25, -0.2) is 0 Å². The summed E-state index contributed by atoms with van der Waals surface area (Å²) in [5, 5.41) is 16.7. The number of hydrogen-bond donors (Lipinski definition) is 0. The highest BCUT2D eigenvalue weighted by Crippen LogP contribution is 2.03. The third-order valence-electron chi connectivity index (χ3n) is 2.40. The second-order valence-corrected chi connectivity index (χ2v) is 3.90. The Balaban J connectivity index is 2.89. The minimum atomic E-state index is 0.666. The van der Waals surface area contributed by atoms with E-state index in [2.05, 4.69) is 12.1 Å². The van der Waals surface area contributed by atoms with Crippen molar-refractivity contribution in [2.24, 2.45) is 0 Å². The van der Waals surface area contributed by atoms with Crippen LogP contribution in [0.25, 0.3) is 0 Å². The number of unbranched alkanes of at least 4 members (excludes halogenated alkanes) is 7. The Kier molecular flexibility index (Phi) is 13.0. The van der Waals surface area contributed by atoms with E-state index in [0.717, 1.165) is 58.2 Å². The normalized spacial score (nSPS) is 9.62. The van der Waals surface area contributed by atoms with Gasteiger partial charge in [0.2, 0.25) is 0 Å². The molecule has 0 spiro atoms. The fraction of sp³-hybridized carbons (Fsp3) is 0.846. The lowest BCUT2D eigenvalue weighted by atomic mass is 10.2. The number of nitrogens with zero attached hydrogens (tertiary/aromatic N) is 2. The summed E-state index contributed by atoms with van der Waals surface area (Å²) in [5.41, 5.74) is 0. The summed E-state index contributed by atoms with van der Waals surface area (Å²) < 4.78 is 5.47. The minimum Gasteiger partial charge on any atom is -0.381 e. The Morgan fingerprint density at radius 1 is 0.625 bits per heavy atom. The van der Waals surface area contributed by atoms with Gasteiger partial charge in [-0.05, 0) is 25.7 Å². The molecule has 0 saturated heterocycles. The molecule has 0 amide bonds. The monoisotopic (exact) mass is 222 g/mol. The van der Waals surface area contributed by atoms with E-state index in [0.29, 0.717) is 12.8 Å². The van der Waals surface area contributed by atoms with Crippen LogP contribution in [0.5, 0.6) is 0 Å². The van der Waals surface area contributed by atoms with Crippen LogP contribution in [-0.2, 0) is 4.74 Å². The quantitative estimate of drug-likeness (QED) is 0.502. The second-order valence-electron chi connectivity index (χ2n) is 3.90. The van der Waals surface area contributed by atoms with Crippen LogP contribution in [0.3, 0.4) is 0 Å². The molecule has 0 aromatic carbocycles. The van der Waals surface area contributed by atoms with Gasteiger partial charge in [-0.3, -0.25) is 0 Å². The fourth-order valence-corrected chi connectivity index (χ4v) is 1.45. The average Bonchev–Trinajstić information content (AvgIpc) is 2.31. The van der Waals surface area contributed by atoms with E-state index in [-0.39, 0.29) is 0 Å². The van der Waals surface area contributed by atoms with E-state index in [4.69, 9.17) is 15.3 Å². The summed E-state index contributed by atoms with van der Waals surface area (Å²) in [4.78, 5) is 0. The molecule has 0 aromatic rings. The highest BCUT2D eigenvalue weighted by molar-refractivity contribution is 4.68. The van der Waals surface area contributed by atoms with Gasteiger partial charge in [0, 0.05) is 26.1 Å². The standard InChI is InChI=1S/C13H22N2O/c14-10-6-2-1-4-8-12-16-13-9-5-3-7-11-15/h1-9,12-13H2. The lowest BCUT2D eigenvalue weighted by molar-refractivity contribution is 0.126. The first kappa shape index (κ1) is 14.9. The van der Waals surface area contributed by atoms with Crippen LogP contribution in [0.1, 0.15) is 57.8 Å². The van der Waals surface area contributed by atoms with Gasteiger partial charge in [-0.1, -0.05) is 19.3 Å². The lowest BCUT2D eigenvalue weighted by Gasteiger charge is -2.03. The average molecular weight is 222 g/mol. The number of ether oxygens (including phenoxy) is 1. The molecule has 0 rings (SSSR count). The van der Waals surface area contributed by atoms with Crippen LogP contribution >= 0.6 is 0 Å². The summed E-state index contributed by atoms with van der Waals surface area (Å²) >= 11 is 0. The molecule has 0 aliphatic heterocycles. The maximum Gasteiger partial charge on any atom is 0.0621 e. The Bertz CT molecular complexity index is 191. The Labute approximate surface area is 99.0 Å². The van der Waals surface area contributed by atoms with Gasteiger partial charge in [0.05, 0.1) is 12.1 Å². The molecule has 0 heterocycles. The van der Waals surface area contributed by atoms with Gasteiger partial charge in [0.15, 0.2) is 0 Å². The topological polar surface area (TPSA) is 56.8 Å². The predicted octanol–water partition coefficient (Wildman–Crippen LogP) is 3.56. The zero-order valence-electron chi connectivity index (χ0n) is 10.1. The zero-order valence-corrected chi connectivity index (χ0v) is 10.1. The molecule has 0 saturated carbocycles. The molecular weight excluding hydrogens is 200 g/mol. The van der Waals surface area contributed by atoms with Gasteiger partial charge in [-0.15, -0.1) is 0 Å². The molecule has 0 bridgehead atoms. The molecule has 0 unspecified atom stereocenters. The van der Waals surface area contributed by atoms with Crippen molar-refractivity contribution in [3.8, 4) is 12.1 Å². The van der Waals surface area contributed by atoms with Crippen molar-refractivity contribution in [1.29, 1.82) is 10.5 Å². The second kappa shape index (κ2) is 13.9. The van der Waals surface area contributed by atoms with Crippen LogP contribution in [0, 0.1) is 22.7 Å². The minimum absolute atomic E-state index is 0.666. The molecule has 3 nitrogen and oxygen atoms in total. The van der Waals surface area contributed by atoms with Crippen molar-refractivity contribution in [3.63, 3.8) is 0 Å². The largest absolute Gasteiger partial charge is 0.381 e. The van der Waals surface area contributed by atoms with Crippen molar-refractivity contribution in [3.05, 3.63) is 0 Å². The number of rotatable bonds is 11. The smallest absolute Gasteiger partial charge is 0.0621 e. The van der Waals surface area contributed by atoms with E-state index >= 15 is 0 Å². The summed E-state index contributed by atoms with van der Waals surface area (Å²) in [5.74, 6) is 0. The summed E-state index contributed by atoms with van der Waals surface area (Å²) in [7, 11) is 0.